The molecule has 6 nitrogen and oxygen atoms in total. The van der Waals surface area contributed by atoms with Gasteiger partial charge in [-0.15, -0.1) is 0 Å². The Morgan fingerprint density at radius 3 is 2.54 bits per heavy atom. The largest absolute Gasteiger partial charge is 0.325 e. The highest BCUT2D eigenvalue weighted by atomic mass is 79.9. The average molecular weight is 420 g/mol. The van der Waals surface area contributed by atoms with Crippen molar-refractivity contribution >= 4 is 39.5 Å². The van der Waals surface area contributed by atoms with Gasteiger partial charge in [-0.25, -0.2) is 9.18 Å². The van der Waals surface area contributed by atoms with Crippen molar-refractivity contribution in [2.24, 2.45) is 0 Å². The quantitative estimate of drug-likeness (QED) is 0.747. The van der Waals surface area contributed by atoms with Gasteiger partial charge in [-0.05, 0) is 25.1 Å². The van der Waals surface area contributed by atoms with Gasteiger partial charge in [0.1, 0.15) is 17.9 Å². The van der Waals surface area contributed by atoms with Gasteiger partial charge in [0.25, 0.3) is 5.91 Å². The van der Waals surface area contributed by atoms with Gasteiger partial charge in [-0.1, -0.05) is 46.3 Å². The molecule has 134 valence electrons. The Morgan fingerprint density at radius 1 is 1.19 bits per heavy atom. The Morgan fingerprint density at radius 2 is 1.85 bits per heavy atom. The van der Waals surface area contributed by atoms with Crippen LogP contribution >= 0.6 is 15.9 Å². The molecule has 0 aliphatic carbocycles. The number of nitrogens with zero attached hydrogens (tertiary/aromatic N) is 1. The van der Waals surface area contributed by atoms with Gasteiger partial charge in [0.05, 0.1) is 5.69 Å². The standard InChI is InChI=1S/C18H15BrFN3O3/c1-18(11-6-2-3-7-12(11)19)16(25)23(17(26)22-18)10-15(24)21-14-9-5-4-8-13(14)20/h2-9H,10H2,1H3,(H,21,24)(H,22,26). The summed E-state index contributed by atoms with van der Waals surface area (Å²) in [6, 6.07) is 12.0. The summed E-state index contributed by atoms with van der Waals surface area (Å²) in [6.45, 7) is 1.06. The number of anilines is 1. The average Bonchev–Trinajstić information content (AvgIpc) is 2.81. The van der Waals surface area contributed by atoms with E-state index < -0.39 is 35.7 Å². The number of rotatable bonds is 4. The van der Waals surface area contributed by atoms with Crippen molar-refractivity contribution in [3.63, 3.8) is 0 Å². The van der Waals surface area contributed by atoms with Crippen LogP contribution in [0.25, 0.3) is 0 Å². The van der Waals surface area contributed by atoms with Crippen molar-refractivity contribution in [3.8, 4) is 0 Å². The highest BCUT2D eigenvalue weighted by Gasteiger charge is 2.50. The summed E-state index contributed by atoms with van der Waals surface area (Å²) in [6.07, 6.45) is 0. The zero-order chi connectivity index (χ0) is 18.9. The first-order chi connectivity index (χ1) is 12.3. The van der Waals surface area contributed by atoms with Gasteiger partial charge < -0.3 is 10.6 Å². The summed E-state index contributed by atoms with van der Waals surface area (Å²) >= 11 is 3.37. The molecular weight excluding hydrogens is 405 g/mol. The van der Waals surface area contributed by atoms with Crippen LogP contribution in [-0.2, 0) is 15.1 Å². The molecule has 0 bridgehead atoms. The number of carbonyl (C=O) groups is 3. The highest BCUT2D eigenvalue weighted by molar-refractivity contribution is 9.10. The van der Waals surface area contributed by atoms with Crippen molar-refractivity contribution in [1.82, 2.24) is 10.2 Å². The van der Waals surface area contributed by atoms with E-state index in [1.807, 2.05) is 0 Å². The Balaban J connectivity index is 1.78. The summed E-state index contributed by atoms with van der Waals surface area (Å²) in [4.78, 5) is 38.1. The second-order valence-corrected chi connectivity index (χ2v) is 6.81. The van der Waals surface area contributed by atoms with Gasteiger partial charge in [0.2, 0.25) is 5.91 Å². The van der Waals surface area contributed by atoms with Crippen LogP contribution in [0.3, 0.4) is 0 Å². The second kappa shape index (κ2) is 6.87. The lowest BCUT2D eigenvalue weighted by Gasteiger charge is -2.23. The lowest BCUT2D eigenvalue weighted by atomic mass is 9.92. The van der Waals surface area contributed by atoms with Gasteiger partial charge >= 0.3 is 6.03 Å². The number of halogens is 2. The molecule has 2 N–H and O–H groups in total. The van der Waals surface area contributed by atoms with Crippen LogP contribution in [0.5, 0.6) is 0 Å². The van der Waals surface area contributed by atoms with Crippen molar-refractivity contribution < 1.29 is 18.8 Å². The number of hydrogen-bond donors (Lipinski definition) is 2. The van der Waals surface area contributed by atoms with E-state index in [0.717, 1.165) is 4.90 Å². The number of benzene rings is 2. The molecule has 2 aromatic carbocycles. The smallest absolute Gasteiger partial charge is 0.322 e. The first-order valence-electron chi connectivity index (χ1n) is 7.76. The second-order valence-electron chi connectivity index (χ2n) is 5.95. The van der Waals surface area contributed by atoms with Crippen molar-refractivity contribution in [2.75, 3.05) is 11.9 Å². The molecule has 1 unspecified atom stereocenters. The zero-order valence-electron chi connectivity index (χ0n) is 13.8. The molecule has 4 amide bonds. The third-order valence-corrected chi connectivity index (χ3v) is 4.83. The molecule has 1 aliphatic rings. The number of hydrogen-bond acceptors (Lipinski definition) is 3. The van der Waals surface area contributed by atoms with Gasteiger partial charge in [0, 0.05) is 10.0 Å². The van der Waals surface area contributed by atoms with E-state index in [0.29, 0.717) is 10.0 Å². The maximum Gasteiger partial charge on any atom is 0.325 e. The summed E-state index contributed by atoms with van der Waals surface area (Å²) in [5.41, 5.74) is -0.733. The Hall–Kier alpha value is -2.74. The minimum absolute atomic E-state index is 0.0156. The van der Waals surface area contributed by atoms with E-state index in [2.05, 4.69) is 26.6 Å². The van der Waals surface area contributed by atoms with E-state index in [1.165, 1.54) is 18.2 Å². The van der Waals surface area contributed by atoms with Gasteiger partial charge in [-0.3, -0.25) is 14.5 Å². The van der Waals surface area contributed by atoms with E-state index >= 15 is 0 Å². The Labute approximate surface area is 157 Å². The SMILES string of the molecule is CC1(c2ccccc2Br)NC(=O)N(CC(=O)Nc2ccccc2F)C1=O. The number of amides is 4. The number of imide groups is 1. The third kappa shape index (κ3) is 3.20. The molecule has 2 aromatic rings. The number of urea groups is 1. The van der Waals surface area contributed by atoms with Crippen molar-refractivity contribution in [3.05, 3.63) is 64.4 Å². The van der Waals surface area contributed by atoms with E-state index in [9.17, 15) is 18.8 Å². The van der Waals surface area contributed by atoms with Crippen LogP contribution in [0.4, 0.5) is 14.9 Å². The summed E-state index contributed by atoms with van der Waals surface area (Å²) in [5, 5.41) is 4.98. The monoisotopic (exact) mass is 419 g/mol. The number of nitrogens with one attached hydrogen (secondary N) is 2. The molecule has 8 heteroatoms. The third-order valence-electron chi connectivity index (χ3n) is 4.14. The lowest BCUT2D eigenvalue weighted by molar-refractivity contribution is -0.133. The van der Waals surface area contributed by atoms with E-state index in [4.69, 9.17) is 0 Å². The Bertz CT molecular complexity index is 905. The molecular formula is C18H15BrFN3O3. The lowest BCUT2D eigenvalue weighted by Crippen LogP contribution is -2.42. The van der Waals surface area contributed by atoms with E-state index in [-0.39, 0.29) is 5.69 Å². The minimum atomic E-state index is -1.30. The maximum atomic E-state index is 13.6. The topological polar surface area (TPSA) is 78.5 Å². The van der Waals surface area contributed by atoms with E-state index in [1.54, 1.807) is 37.3 Å². The Kier molecular flexibility index (Phi) is 4.78. The molecule has 1 atom stereocenters. The van der Waals surface area contributed by atoms with Gasteiger partial charge in [-0.2, -0.15) is 0 Å². The molecule has 3 rings (SSSR count). The van der Waals surface area contributed by atoms with Crippen LogP contribution in [0.15, 0.2) is 53.0 Å². The number of para-hydroxylation sites is 1. The molecule has 0 aromatic heterocycles. The van der Waals surface area contributed by atoms with Crippen LogP contribution in [-0.4, -0.2) is 29.3 Å². The van der Waals surface area contributed by atoms with Crippen LogP contribution in [0.1, 0.15) is 12.5 Å². The first kappa shape index (κ1) is 18.1. The molecule has 1 fully saturated rings. The summed E-state index contributed by atoms with van der Waals surface area (Å²) in [5.74, 6) is -1.83. The highest BCUT2D eigenvalue weighted by Crippen LogP contribution is 2.33. The summed E-state index contributed by atoms with van der Waals surface area (Å²) < 4.78 is 14.3. The maximum absolute atomic E-state index is 13.6. The summed E-state index contributed by atoms with van der Waals surface area (Å²) in [7, 11) is 0. The molecule has 0 radical (unpaired) electrons. The van der Waals surface area contributed by atoms with Crippen LogP contribution in [0.2, 0.25) is 0 Å². The number of carbonyl (C=O) groups excluding carboxylic acids is 3. The molecule has 0 spiro atoms. The van der Waals surface area contributed by atoms with Crippen LogP contribution < -0.4 is 10.6 Å². The minimum Gasteiger partial charge on any atom is -0.322 e. The predicted molar refractivity (Wildman–Crippen MR) is 96.8 cm³/mol. The van der Waals surface area contributed by atoms with Crippen molar-refractivity contribution in [2.45, 2.75) is 12.5 Å². The fourth-order valence-electron chi connectivity index (χ4n) is 2.79. The zero-order valence-corrected chi connectivity index (χ0v) is 15.3. The first-order valence-corrected chi connectivity index (χ1v) is 8.56. The van der Waals surface area contributed by atoms with Crippen LogP contribution in [0, 0.1) is 5.82 Å². The molecule has 0 saturated carbocycles. The molecule has 1 heterocycles. The molecule has 26 heavy (non-hydrogen) atoms. The van der Waals surface area contributed by atoms with Crippen molar-refractivity contribution in [1.29, 1.82) is 0 Å². The molecule has 1 saturated heterocycles. The molecule has 1 aliphatic heterocycles. The van der Waals surface area contributed by atoms with Gasteiger partial charge in [0.15, 0.2) is 0 Å². The predicted octanol–water partition coefficient (Wildman–Crippen LogP) is 2.99. The normalized spacial score (nSPS) is 19.4. The fourth-order valence-corrected chi connectivity index (χ4v) is 3.47. The fraction of sp³-hybridized carbons (Fsp3) is 0.167.